The largest absolute Gasteiger partial charge is 0.392 e. The molecule has 0 radical (unpaired) electrons. The zero-order valence-corrected chi connectivity index (χ0v) is 9.83. The third kappa shape index (κ3) is 2.13. The fourth-order valence-corrected chi connectivity index (χ4v) is 3.48. The number of sulfone groups is 1. The minimum Gasteiger partial charge on any atom is -0.392 e. The fraction of sp³-hybridized carbons (Fsp3) is 0.100. The maximum atomic E-state index is 11.7. The van der Waals surface area contributed by atoms with E-state index in [2.05, 4.69) is 4.98 Å². The van der Waals surface area contributed by atoms with Crippen molar-refractivity contribution >= 4 is 31.4 Å². The number of nitrogens with zero attached hydrogens (tertiary/aromatic N) is 1. The van der Waals surface area contributed by atoms with Gasteiger partial charge in [0, 0.05) is 5.41 Å². The summed E-state index contributed by atoms with van der Waals surface area (Å²) in [6, 6.07) is 7.23. The summed E-state index contributed by atoms with van der Waals surface area (Å²) >= 11 is 1.12. The summed E-state index contributed by atoms with van der Waals surface area (Å²) < 4.78 is 24.3. The Kier molecular flexibility index (Phi) is 3.04. The van der Waals surface area contributed by atoms with Crippen LogP contribution < -0.4 is 0 Å². The Labute approximate surface area is 96.8 Å². The summed E-state index contributed by atoms with van der Waals surface area (Å²) in [6.45, 7) is -0.301. The lowest BCUT2D eigenvalue weighted by atomic mass is 10.3. The van der Waals surface area contributed by atoms with Crippen molar-refractivity contribution in [1.29, 1.82) is 0 Å². The van der Waals surface area contributed by atoms with Crippen LogP contribution >= 0.6 is 11.3 Å². The molecule has 0 saturated heterocycles. The monoisotopic (exact) mass is 255 g/mol. The van der Waals surface area contributed by atoms with Gasteiger partial charge in [0.25, 0.3) is 0 Å². The van der Waals surface area contributed by atoms with Crippen molar-refractivity contribution in [2.45, 2.75) is 4.34 Å². The highest BCUT2D eigenvalue weighted by Crippen LogP contribution is 2.26. The summed E-state index contributed by atoms with van der Waals surface area (Å²) in [5.41, 5.74) is 0.670. The molecule has 16 heavy (non-hydrogen) atoms. The van der Waals surface area contributed by atoms with Crippen molar-refractivity contribution in [2.24, 2.45) is 0 Å². The normalized spacial score (nSPS) is 12.6. The number of thiazole rings is 1. The average molecular weight is 255 g/mol. The number of rotatable bonds is 3. The quantitative estimate of drug-likeness (QED) is 0.904. The zero-order chi connectivity index (χ0) is 11.6. The first kappa shape index (κ1) is 11.3. The molecular formula is C10H9NO3S2. The van der Waals surface area contributed by atoms with Crippen LogP contribution in [0.15, 0.2) is 40.1 Å². The van der Waals surface area contributed by atoms with Crippen LogP contribution in [0.4, 0.5) is 0 Å². The summed E-state index contributed by atoms with van der Waals surface area (Å²) in [7, 11) is -3.52. The van der Waals surface area contributed by atoms with Crippen molar-refractivity contribution < 1.29 is 13.5 Å². The van der Waals surface area contributed by atoms with E-state index in [-0.39, 0.29) is 10.9 Å². The van der Waals surface area contributed by atoms with Gasteiger partial charge in [0.1, 0.15) is 0 Å². The van der Waals surface area contributed by atoms with Gasteiger partial charge in [0.15, 0.2) is 0 Å². The second-order valence-electron chi connectivity index (χ2n) is 3.05. The number of hydrogen-bond acceptors (Lipinski definition) is 5. The molecule has 6 heteroatoms. The molecule has 2 rings (SSSR count). The SMILES string of the molecule is O=S(=O)(/C=C\CO)c1nc2ccccc2s1. The van der Waals surface area contributed by atoms with Gasteiger partial charge in [0.2, 0.25) is 14.2 Å². The Hall–Kier alpha value is -1.24. The number of para-hydroxylation sites is 1. The van der Waals surface area contributed by atoms with E-state index in [4.69, 9.17) is 5.11 Å². The number of fused-ring (bicyclic) bond motifs is 1. The second-order valence-corrected chi connectivity index (χ2v) is 6.08. The highest BCUT2D eigenvalue weighted by atomic mass is 32.2. The van der Waals surface area contributed by atoms with Gasteiger partial charge in [-0.3, -0.25) is 0 Å². The second kappa shape index (κ2) is 4.32. The van der Waals surface area contributed by atoms with Crippen LogP contribution in [-0.4, -0.2) is 25.1 Å². The van der Waals surface area contributed by atoms with Gasteiger partial charge in [-0.1, -0.05) is 12.1 Å². The number of aliphatic hydroxyl groups excluding tert-OH is 1. The van der Waals surface area contributed by atoms with E-state index in [0.717, 1.165) is 21.4 Å². The molecule has 0 amide bonds. The van der Waals surface area contributed by atoms with Crippen molar-refractivity contribution in [1.82, 2.24) is 4.98 Å². The van der Waals surface area contributed by atoms with Crippen LogP contribution in [0.2, 0.25) is 0 Å². The molecule has 0 aliphatic heterocycles. The number of aromatic nitrogens is 1. The minimum atomic E-state index is -3.52. The molecule has 0 fully saturated rings. The molecule has 84 valence electrons. The number of benzene rings is 1. The Balaban J connectivity index is 2.52. The first-order chi connectivity index (χ1) is 7.63. The molecule has 1 aromatic carbocycles. The predicted octanol–water partition coefficient (Wildman–Crippen LogP) is 1.58. The predicted molar refractivity (Wildman–Crippen MR) is 63.0 cm³/mol. The molecular weight excluding hydrogens is 246 g/mol. The van der Waals surface area contributed by atoms with Crippen LogP contribution in [0.25, 0.3) is 10.2 Å². The molecule has 0 aliphatic rings. The highest BCUT2D eigenvalue weighted by molar-refractivity contribution is 7.96. The Bertz CT molecular complexity index is 595. The van der Waals surface area contributed by atoms with Crippen LogP contribution in [0.1, 0.15) is 0 Å². The third-order valence-corrected chi connectivity index (χ3v) is 4.81. The first-order valence-corrected chi connectivity index (χ1v) is 6.88. The van der Waals surface area contributed by atoms with E-state index in [1.807, 2.05) is 18.2 Å². The van der Waals surface area contributed by atoms with E-state index in [9.17, 15) is 8.42 Å². The lowest BCUT2D eigenvalue weighted by molar-refractivity contribution is 0.343. The molecule has 1 aromatic heterocycles. The molecule has 0 bridgehead atoms. The van der Waals surface area contributed by atoms with E-state index in [0.29, 0.717) is 5.52 Å². The van der Waals surface area contributed by atoms with Gasteiger partial charge in [0.05, 0.1) is 16.8 Å². The molecule has 0 unspecified atom stereocenters. The van der Waals surface area contributed by atoms with Gasteiger partial charge >= 0.3 is 0 Å². The summed E-state index contributed by atoms with van der Waals surface area (Å²) in [5.74, 6) is 0. The highest BCUT2D eigenvalue weighted by Gasteiger charge is 2.15. The standard InChI is InChI=1S/C10H9NO3S2/c12-6-3-7-16(13,14)10-11-8-4-1-2-5-9(8)15-10/h1-5,7,12H,6H2/b7-3-. The van der Waals surface area contributed by atoms with Crippen LogP contribution in [-0.2, 0) is 9.84 Å². The molecule has 1 N–H and O–H groups in total. The Morgan fingerprint density at radius 2 is 2.12 bits per heavy atom. The van der Waals surface area contributed by atoms with Gasteiger partial charge in [-0.15, -0.1) is 11.3 Å². The van der Waals surface area contributed by atoms with E-state index in [1.165, 1.54) is 6.08 Å². The van der Waals surface area contributed by atoms with Crippen LogP contribution in [0.3, 0.4) is 0 Å². The molecule has 2 aromatic rings. The maximum Gasteiger partial charge on any atom is 0.226 e. The Morgan fingerprint density at radius 1 is 1.38 bits per heavy atom. The lowest BCUT2D eigenvalue weighted by Crippen LogP contribution is -1.95. The molecule has 0 saturated carbocycles. The van der Waals surface area contributed by atoms with Crippen LogP contribution in [0, 0.1) is 0 Å². The number of hydrogen-bond donors (Lipinski definition) is 1. The van der Waals surface area contributed by atoms with Gasteiger partial charge < -0.3 is 5.11 Å². The van der Waals surface area contributed by atoms with Gasteiger partial charge in [-0.05, 0) is 18.2 Å². The molecule has 4 nitrogen and oxygen atoms in total. The van der Waals surface area contributed by atoms with Crippen molar-refractivity contribution in [3.63, 3.8) is 0 Å². The molecule has 0 aliphatic carbocycles. The number of aliphatic hydroxyl groups is 1. The summed E-state index contributed by atoms with van der Waals surface area (Å²) in [6.07, 6.45) is 1.18. The van der Waals surface area contributed by atoms with E-state index in [1.54, 1.807) is 6.07 Å². The first-order valence-electron chi connectivity index (χ1n) is 4.51. The Morgan fingerprint density at radius 3 is 2.81 bits per heavy atom. The van der Waals surface area contributed by atoms with E-state index < -0.39 is 9.84 Å². The average Bonchev–Trinajstić information content (AvgIpc) is 2.71. The summed E-state index contributed by atoms with van der Waals surface area (Å²) in [4.78, 5) is 4.03. The molecule has 0 atom stereocenters. The smallest absolute Gasteiger partial charge is 0.226 e. The van der Waals surface area contributed by atoms with Crippen LogP contribution in [0.5, 0.6) is 0 Å². The van der Waals surface area contributed by atoms with Crippen molar-refractivity contribution in [3.8, 4) is 0 Å². The fourth-order valence-electron chi connectivity index (χ4n) is 1.20. The maximum absolute atomic E-state index is 11.7. The molecule has 1 heterocycles. The van der Waals surface area contributed by atoms with Gasteiger partial charge in [-0.2, -0.15) is 0 Å². The lowest BCUT2D eigenvalue weighted by Gasteiger charge is -1.89. The van der Waals surface area contributed by atoms with E-state index >= 15 is 0 Å². The topological polar surface area (TPSA) is 67.3 Å². The minimum absolute atomic E-state index is 0.0541. The summed E-state index contributed by atoms with van der Waals surface area (Å²) in [5, 5.41) is 9.52. The zero-order valence-electron chi connectivity index (χ0n) is 8.20. The van der Waals surface area contributed by atoms with Crippen molar-refractivity contribution in [3.05, 3.63) is 35.7 Å². The van der Waals surface area contributed by atoms with Gasteiger partial charge in [-0.25, -0.2) is 13.4 Å². The van der Waals surface area contributed by atoms with Crippen molar-refractivity contribution in [2.75, 3.05) is 6.61 Å². The third-order valence-electron chi connectivity index (χ3n) is 1.90. The molecule has 0 spiro atoms.